The summed E-state index contributed by atoms with van der Waals surface area (Å²) in [6.45, 7) is 0. The number of aromatic amines is 1. The molecule has 2 aromatic heterocycles. The Morgan fingerprint density at radius 2 is 2.36 bits per heavy atom. The van der Waals surface area contributed by atoms with Crippen LogP contribution in [0.2, 0.25) is 5.15 Å². The summed E-state index contributed by atoms with van der Waals surface area (Å²) in [4.78, 5) is 3.00. The van der Waals surface area contributed by atoms with Gasteiger partial charge in [0.1, 0.15) is 5.69 Å². The Bertz CT molecular complexity index is 340. The molecule has 0 atom stereocenters. The molecule has 0 radical (unpaired) electrons. The predicted octanol–water partition coefficient (Wildman–Crippen LogP) is 2.19. The zero-order chi connectivity index (χ0) is 7.68. The summed E-state index contributed by atoms with van der Waals surface area (Å²) in [5, 5.41) is 0.456. The molecule has 0 bridgehead atoms. The maximum absolute atomic E-state index is 5.75. The second kappa shape index (κ2) is 2.64. The number of rotatable bonds is 1. The average Bonchev–Trinajstić information content (AvgIpc) is 2.55. The van der Waals surface area contributed by atoms with Gasteiger partial charge in [0.2, 0.25) is 0 Å². The topological polar surface area (TPSA) is 41.6 Å². The van der Waals surface area contributed by atoms with Gasteiger partial charge in [-0.15, -0.1) is 0 Å². The molecule has 2 aromatic rings. The molecule has 2 heterocycles. The number of aromatic nitrogens is 3. The fraction of sp³-hybridized carbons (Fsp3) is 0. The summed E-state index contributed by atoms with van der Waals surface area (Å²) < 4.78 is 7.87. The van der Waals surface area contributed by atoms with Crippen molar-refractivity contribution in [3.8, 4) is 11.4 Å². The van der Waals surface area contributed by atoms with Crippen molar-refractivity contribution >= 4 is 23.3 Å². The predicted molar refractivity (Wildman–Crippen MR) is 44.7 cm³/mol. The summed E-state index contributed by atoms with van der Waals surface area (Å²) in [5.74, 6) is 0. The second-order valence-corrected chi connectivity index (χ2v) is 2.87. The monoisotopic (exact) mass is 185 g/mol. The molecule has 0 aliphatic heterocycles. The molecular weight excluding hydrogens is 182 g/mol. The lowest BCUT2D eigenvalue weighted by Crippen LogP contribution is -1.75. The second-order valence-electron chi connectivity index (χ2n) is 1.99. The first-order chi connectivity index (χ1) is 5.38. The molecule has 0 spiro atoms. The highest BCUT2D eigenvalue weighted by Crippen LogP contribution is 2.23. The van der Waals surface area contributed by atoms with Crippen LogP contribution in [-0.2, 0) is 0 Å². The molecule has 0 amide bonds. The molecule has 0 aromatic carbocycles. The minimum Gasteiger partial charge on any atom is -0.360 e. The number of nitrogens with zero attached hydrogens (tertiary/aromatic N) is 2. The normalized spacial score (nSPS) is 10.3. The third kappa shape index (κ3) is 1.15. The fourth-order valence-corrected chi connectivity index (χ4v) is 1.57. The Kier molecular flexibility index (Phi) is 1.63. The van der Waals surface area contributed by atoms with Gasteiger partial charge in [-0.3, -0.25) is 0 Å². The van der Waals surface area contributed by atoms with Crippen LogP contribution in [0.3, 0.4) is 0 Å². The van der Waals surface area contributed by atoms with E-state index in [1.54, 1.807) is 0 Å². The lowest BCUT2D eigenvalue weighted by molar-refractivity contribution is 1.36. The molecule has 0 saturated heterocycles. The molecule has 0 saturated carbocycles. The van der Waals surface area contributed by atoms with Crippen molar-refractivity contribution in [2.45, 2.75) is 0 Å². The number of hydrogen-bond donors (Lipinski definition) is 1. The smallest absolute Gasteiger partial charge is 0.172 e. The van der Waals surface area contributed by atoms with E-state index in [0.29, 0.717) is 5.15 Å². The van der Waals surface area contributed by atoms with E-state index in [2.05, 4.69) is 13.7 Å². The Hall–Kier alpha value is -0.870. The van der Waals surface area contributed by atoms with E-state index in [-0.39, 0.29) is 0 Å². The minimum atomic E-state index is 0.456. The van der Waals surface area contributed by atoms with Crippen LogP contribution in [0.1, 0.15) is 0 Å². The molecule has 11 heavy (non-hydrogen) atoms. The Balaban J connectivity index is 2.53. The first kappa shape index (κ1) is 6.82. The molecule has 3 nitrogen and oxygen atoms in total. The van der Waals surface area contributed by atoms with Crippen molar-refractivity contribution in [3.05, 3.63) is 23.5 Å². The van der Waals surface area contributed by atoms with E-state index in [1.807, 2.05) is 18.3 Å². The van der Waals surface area contributed by atoms with Crippen LogP contribution in [0.25, 0.3) is 11.4 Å². The molecule has 2 rings (SSSR count). The van der Waals surface area contributed by atoms with Gasteiger partial charge in [-0.05, 0) is 12.1 Å². The molecule has 0 aliphatic rings. The molecule has 5 heteroatoms. The third-order valence-corrected chi connectivity index (χ3v) is 2.19. The molecule has 0 aliphatic carbocycles. The summed E-state index contributed by atoms with van der Waals surface area (Å²) >= 11 is 6.86. The van der Waals surface area contributed by atoms with Crippen molar-refractivity contribution in [3.63, 3.8) is 0 Å². The van der Waals surface area contributed by atoms with E-state index in [1.165, 1.54) is 0 Å². The highest BCUT2D eigenvalue weighted by atomic mass is 35.5. The SMILES string of the molecule is Clc1nsnc1-c1ccc[nH]1. The first-order valence-corrected chi connectivity index (χ1v) is 4.10. The van der Waals surface area contributed by atoms with Gasteiger partial charge in [-0.1, -0.05) is 11.6 Å². The molecule has 0 unspecified atom stereocenters. The van der Waals surface area contributed by atoms with Gasteiger partial charge in [0.05, 0.1) is 17.4 Å². The number of hydrogen-bond acceptors (Lipinski definition) is 3. The highest BCUT2D eigenvalue weighted by Gasteiger charge is 2.07. The lowest BCUT2D eigenvalue weighted by Gasteiger charge is -1.87. The third-order valence-electron chi connectivity index (χ3n) is 1.30. The number of halogens is 1. The van der Waals surface area contributed by atoms with E-state index < -0.39 is 0 Å². The van der Waals surface area contributed by atoms with E-state index >= 15 is 0 Å². The van der Waals surface area contributed by atoms with E-state index in [0.717, 1.165) is 23.1 Å². The first-order valence-electron chi connectivity index (χ1n) is 3.00. The number of H-pyrrole nitrogens is 1. The van der Waals surface area contributed by atoms with E-state index in [4.69, 9.17) is 11.6 Å². The zero-order valence-electron chi connectivity index (χ0n) is 5.41. The van der Waals surface area contributed by atoms with Crippen molar-refractivity contribution in [1.29, 1.82) is 0 Å². The summed E-state index contributed by atoms with van der Waals surface area (Å²) in [6.07, 6.45) is 1.82. The van der Waals surface area contributed by atoms with Crippen LogP contribution >= 0.6 is 23.3 Å². The maximum atomic E-state index is 5.75. The fourth-order valence-electron chi connectivity index (χ4n) is 0.816. The van der Waals surface area contributed by atoms with Crippen LogP contribution in [0.5, 0.6) is 0 Å². The van der Waals surface area contributed by atoms with Gasteiger partial charge in [0.15, 0.2) is 5.15 Å². The molecule has 1 N–H and O–H groups in total. The average molecular weight is 186 g/mol. The Morgan fingerprint density at radius 1 is 1.45 bits per heavy atom. The molecular formula is C6H4ClN3S. The Morgan fingerprint density at radius 3 is 2.91 bits per heavy atom. The van der Waals surface area contributed by atoms with Gasteiger partial charge in [-0.2, -0.15) is 8.75 Å². The van der Waals surface area contributed by atoms with Crippen molar-refractivity contribution in [2.24, 2.45) is 0 Å². The molecule has 56 valence electrons. The van der Waals surface area contributed by atoms with Crippen LogP contribution in [0, 0.1) is 0 Å². The quantitative estimate of drug-likeness (QED) is 0.740. The van der Waals surface area contributed by atoms with Gasteiger partial charge in [0.25, 0.3) is 0 Å². The van der Waals surface area contributed by atoms with Crippen molar-refractivity contribution < 1.29 is 0 Å². The van der Waals surface area contributed by atoms with Gasteiger partial charge in [0, 0.05) is 6.20 Å². The lowest BCUT2D eigenvalue weighted by atomic mass is 10.3. The summed E-state index contributed by atoms with van der Waals surface area (Å²) in [5.41, 5.74) is 1.63. The van der Waals surface area contributed by atoms with Crippen LogP contribution in [-0.4, -0.2) is 13.7 Å². The van der Waals surface area contributed by atoms with Crippen LogP contribution in [0.4, 0.5) is 0 Å². The molecule has 0 fully saturated rings. The highest BCUT2D eigenvalue weighted by molar-refractivity contribution is 6.99. The summed E-state index contributed by atoms with van der Waals surface area (Å²) in [6, 6.07) is 3.80. The van der Waals surface area contributed by atoms with Crippen molar-refractivity contribution in [1.82, 2.24) is 13.7 Å². The van der Waals surface area contributed by atoms with E-state index in [9.17, 15) is 0 Å². The standard InChI is InChI=1S/C6H4ClN3S/c7-6-5(9-11-10-6)4-2-1-3-8-4/h1-3,8H. The minimum absolute atomic E-state index is 0.456. The largest absolute Gasteiger partial charge is 0.360 e. The zero-order valence-corrected chi connectivity index (χ0v) is 6.99. The van der Waals surface area contributed by atoms with Crippen molar-refractivity contribution in [2.75, 3.05) is 0 Å². The Labute approximate surface area is 72.4 Å². The summed E-state index contributed by atoms with van der Waals surface area (Å²) in [7, 11) is 0. The van der Waals surface area contributed by atoms with Crippen LogP contribution < -0.4 is 0 Å². The van der Waals surface area contributed by atoms with Gasteiger partial charge in [-0.25, -0.2) is 0 Å². The number of nitrogens with one attached hydrogen (secondary N) is 1. The maximum Gasteiger partial charge on any atom is 0.172 e. The van der Waals surface area contributed by atoms with Crippen LogP contribution in [0.15, 0.2) is 18.3 Å². The van der Waals surface area contributed by atoms with Gasteiger partial charge < -0.3 is 4.98 Å². The van der Waals surface area contributed by atoms with Gasteiger partial charge >= 0.3 is 0 Å².